The number of carbonyl (C=O) groups excluding carboxylic acids is 1. The third-order valence-electron chi connectivity index (χ3n) is 5.57. The molecule has 33 heavy (non-hydrogen) atoms. The summed E-state index contributed by atoms with van der Waals surface area (Å²) in [6, 6.07) is 15.6. The zero-order chi connectivity index (χ0) is 23.4. The zero-order valence-corrected chi connectivity index (χ0v) is 19.2. The van der Waals surface area contributed by atoms with Crippen LogP contribution in [0.25, 0.3) is 0 Å². The van der Waals surface area contributed by atoms with Gasteiger partial charge in [0.25, 0.3) is 0 Å². The van der Waals surface area contributed by atoms with Crippen LogP contribution >= 0.6 is 0 Å². The highest BCUT2D eigenvalue weighted by Gasteiger charge is 2.29. The van der Waals surface area contributed by atoms with Crippen LogP contribution in [0.5, 0.6) is 5.88 Å². The molecule has 3 aromatic rings. The van der Waals surface area contributed by atoms with Crippen LogP contribution < -0.4 is 14.5 Å². The lowest BCUT2D eigenvalue weighted by atomic mass is 9.94. The molecule has 1 aliphatic rings. The van der Waals surface area contributed by atoms with Crippen molar-refractivity contribution >= 4 is 17.4 Å². The predicted molar refractivity (Wildman–Crippen MR) is 127 cm³/mol. The number of hydrogen-bond donors (Lipinski definition) is 0. The standard InChI is InChI=1S/C26H29FN4O2/c1-26(2,3)25(32)31(21-10-8-20(27)9-11-21)17-19-7-12-23(29-16-19)30-15-13-22(18-30)33-24-6-4-5-14-28-24/h4-12,14,16,22H,13,15,17-18H2,1-3H3/t22-/m1/s1. The number of amides is 1. The molecule has 1 saturated heterocycles. The van der Waals surface area contributed by atoms with Crippen LogP contribution in [-0.2, 0) is 11.3 Å². The van der Waals surface area contributed by atoms with Crippen molar-refractivity contribution in [1.29, 1.82) is 0 Å². The van der Waals surface area contributed by atoms with Crippen LogP contribution in [0.3, 0.4) is 0 Å². The molecule has 7 heteroatoms. The fourth-order valence-corrected chi connectivity index (χ4v) is 3.81. The number of rotatable bonds is 6. The van der Waals surface area contributed by atoms with Crippen molar-refractivity contribution in [2.75, 3.05) is 22.9 Å². The maximum absolute atomic E-state index is 13.4. The topological polar surface area (TPSA) is 58.6 Å². The van der Waals surface area contributed by atoms with Gasteiger partial charge in [-0.2, -0.15) is 0 Å². The van der Waals surface area contributed by atoms with Gasteiger partial charge in [0, 0.05) is 42.5 Å². The summed E-state index contributed by atoms with van der Waals surface area (Å²) >= 11 is 0. The summed E-state index contributed by atoms with van der Waals surface area (Å²) in [5, 5.41) is 0. The van der Waals surface area contributed by atoms with Crippen molar-refractivity contribution in [3.63, 3.8) is 0 Å². The van der Waals surface area contributed by atoms with E-state index in [0.29, 0.717) is 18.1 Å². The van der Waals surface area contributed by atoms with Gasteiger partial charge in [-0.05, 0) is 42.0 Å². The van der Waals surface area contributed by atoms with Gasteiger partial charge in [-0.15, -0.1) is 0 Å². The fourth-order valence-electron chi connectivity index (χ4n) is 3.81. The Labute approximate surface area is 194 Å². The second-order valence-electron chi connectivity index (χ2n) is 9.28. The van der Waals surface area contributed by atoms with Gasteiger partial charge in [0.2, 0.25) is 11.8 Å². The molecule has 1 aliphatic heterocycles. The van der Waals surface area contributed by atoms with E-state index in [1.807, 2.05) is 51.1 Å². The molecule has 0 saturated carbocycles. The molecular formula is C26H29FN4O2. The molecule has 1 amide bonds. The third kappa shape index (κ3) is 5.66. The van der Waals surface area contributed by atoms with E-state index >= 15 is 0 Å². The maximum Gasteiger partial charge on any atom is 0.232 e. The number of aromatic nitrogens is 2. The van der Waals surface area contributed by atoms with Crippen LogP contribution in [0.2, 0.25) is 0 Å². The van der Waals surface area contributed by atoms with Gasteiger partial charge in [0.15, 0.2) is 0 Å². The Morgan fingerprint density at radius 3 is 2.55 bits per heavy atom. The Morgan fingerprint density at radius 1 is 1.12 bits per heavy atom. The maximum atomic E-state index is 13.4. The lowest BCUT2D eigenvalue weighted by Crippen LogP contribution is -2.39. The van der Waals surface area contributed by atoms with Crippen LogP contribution in [0, 0.1) is 11.2 Å². The average molecular weight is 449 g/mol. The second kappa shape index (κ2) is 9.57. The zero-order valence-electron chi connectivity index (χ0n) is 19.2. The number of carbonyl (C=O) groups is 1. The SMILES string of the molecule is CC(C)(C)C(=O)N(Cc1ccc(N2CC[C@@H](Oc3ccccn3)C2)nc1)c1ccc(F)cc1. The van der Waals surface area contributed by atoms with Crippen molar-refractivity contribution in [3.8, 4) is 5.88 Å². The third-order valence-corrected chi connectivity index (χ3v) is 5.57. The highest BCUT2D eigenvalue weighted by atomic mass is 19.1. The number of ether oxygens (including phenoxy) is 1. The molecule has 1 aromatic carbocycles. The van der Waals surface area contributed by atoms with Crippen LogP contribution in [0.1, 0.15) is 32.8 Å². The largest absolute Gasteiger partial charge is 0.472 e. The summed E-state index contributed by atoms with van der Waals surface area (Å²) in [6.45, 7) is 7.60. The van der Waals surface area contributed by atoms with Crippen molar-refractivity contribution in [2.24, 2.45) is 5.41 Å². The van der Waals surface area contributed by atoms with E-state index in [2.05, 4.69) is 14.9 Å². The molecule has 1 atom stereocenters. The minimum Gasteiger partial charge on any atom is -0.472 e. The van der Waals surface area contributed by atoms with Gasteiger partial charge in [-0.1, -0.05) is 32.9 Å². The normalized spacial score (nSPS) is 16.0. The smallest absolute Gasteiger partial charge is 0.232 e. The molecular weight excluding hydrogens is 419 g/mol. The summed E-state index contributed by atoms with van der Waals surface area (Å²) in [6.07, 6.45) is 4.49. The first kappa shape index (κ1) is 22.7. The van der Waals surface area contributed by atoms with E-state index in [0.717, 1.165) is 30.9 Å². The monoisotopic (exact) mass is 448 g/mol. The summed E-state index contributed by atoms with van der Waals surface area (Å²) in [7, 11) is 0. The Balaban J connectivity index is 1.44. The van der Waals surface area contributed by atoms with E-state index in [4.69, 9.17) is 4.74 Å². The summed E-state index contributed by atoms with van der Waals surface area (Å²) in [4.78, 5) is 25.8. The quantitative estimate of drug-likeness (QED) is 0.539. The highest BCUT2D eigenvalue weighted by molar-refractivity contribution is 5.96. The van der Waals surface area contributed by atoms with Gasteiger partial charge in [-0.25, -0.2) is 14.4 Å². The van der Waals surface area contributed by atoms with E-state index < -0.39 is 5.41 Å². The Morgan fingerprint density at radius 2 is 1.91 bits per heavy atom. The molecule has 3 heterocycles. The van der Waals surface area contributed by atoms with Crippen molar-refractivity contribution in [2.45, 2.75) is 39.8 Å². The van der Waals surface area contributed by atoms with Crippen molar-refractivity contribution in [1.82, 2.24) is 9.97 Å². The molecule has 0 radical (unpaired) electrons. The number of nitrogens with zero attached hydrogens (tertiary/aromatic N) is 4. The van der Waals surface area contributed by atoms with Gasteiger partial charge < -0.3 is 14.5 Å². The lowest BCUT2D eigenvalue weighted by Gasteiger charge is -2.30. The molecule has 2 aromatic heterocycles. The average Bonchev–Trinajstić information content (AvgIpc) is 3.26. The Bertz CT molecular complexity index is 1070. The molecule has 6 nitrogen and oxygen atoms in total. The molecule has 172 valence electrons. The Hall–Kier alpha value is -3.48. The van der Waals surface area contributed by atoms with E-state index in [1.54, 1.807) is 29.4 Å². The highest BCUT2D eigenvalue weighted by Crippen LogP contribution is 2.26. The van der Waals surface area contributed by atoms with Gasteiger partial charge >= 0.3 is 0 Å². The fraction of sp³-hybridized carbons (Fsp3) is 0.346. The van der Waals surface area contributed by atoms with E-state index in [1.165, 1.54) is 12.1 Å². The summed E-state index contributed by atoms with van der Waals surface area (Å²) in [5.74, 6) is 1.15. The van der Waals surface area contributed by atoms with Crippen molar-refractivity contribution < 1.29 is 13.9 Å². The number of halogens is 1. The van der Waals surface area contributed by atoms with Gasteiger partial charge in [0.05, 0.1) is 13.1 Å². The van der Waals surface area contributed by atoms with E-state index in [-0.39, 0.29) is 17.8 Å². The van der Waals surface area contributed by atoms with Crippen LogP contribution in [0.15, 0.2) is 67.0 Å². The molecule has 0 spiro atoms. The van der Waals surface area contributed by atoms with E-state index in [9.17, 15) is 9.18 Å². The lowest BCUT2D eigenvalue weighted by molar-refractivity contribution is -0.125. The molecule has 4 rings (SSSR count). The Kier molecular flexibility index (Phi) is 6.58. The van der Waals surface area contributed by atoms with Gasteiger partial charge in [0.1, 0.15) is 17.7 Å². The molecule has 1 fully saturated rings. The number of benzene rings is 1. The molecule has 0 N–H and O–H groups in total. The minimum atomic E-state index is -0.570. The molecule has 0 bridgehead atoms. The summed E-state index contributed by atoms with van der Waals surface area (Å²) in [5.41, 5.74) is 0.996. The first-order chi connectivity index (χ1) is 15.8. The number of pyridine rings is 2. The minimum absolute atomic E-state index is 0.0350. The predicted octanol–water partition coefficient (Wildman–Crippen LogP) is 4.85. The number of anilines is 2. The van der Waals surface area contributed by atoms with Gasteiger partial charge in [-0.3, -0.25) is 4.79 Å². The van der Waals surface area contributed by atoms with Crippen LogP contribution in [0.4, 0.5) is 15.9 Å². The molecule has 0 unspecified atom stereocenters. The van der Waals surface area contributed by atoms with Crippen LogP contribution in [-0.4, -0.2) is 35.1 Å². The summed E-state index contributed by atoms with van der Waals surface area (Å²) < 4.78 is 19.4. The number of hydrogen-bond acceptors (Lipinski definition) is 5. The first-order valence-corrected chi connectivity index (χ1v) is 11.1. The molecule has 0 aliphatic carbocycles. The second-order valence-corrected chi connectivity index (χ2v) is 9.28. The first-order valence-electron chi connectivity index (χ1n) is 11.1. The van der Waals surface area contributed by atoms with Crippen molar-refractivity contribution in [3.05, 3.63) is 78.4 Å².